The number of carboxylic acid groups (broad SMARTS) is 1. The Morgan fingerprint density at radius 2 is 2.13 bits per heavy atom. The van der Waals surface area contributed by atoms with E-state index in [0.717, 1.165) is 56.2 Å². The molecule has 2 fully saturated rings. The van der Waals surface area contributed by atoms with E-state index in [0.29, 0.717) is 12.5 Å². The highest BCUT2D eigenvalue weighted by Crippen LogP contribution is 2.34. The molecule has 0 saturated carbocycles. The van der Waals surface area contributed by atoms with Gasteiger partial charge in [0, 0.05) is 37.1 Å². The van der Waals surface area contributed by atoms with Crippen molar-refractivity contribution in [1.82, 2.24) is 14.9 Å². The van der Waals surface area contributed by atoms with Crippen LogP contribution < -0.4 is 0 Å². The highest BCUT2D eigenvalue weighted by atomic mass is 16.5. The molecular weight excluding hydrogens is 294 g/mol. The first-order valence-electron chi connectivity index (χ1n) is 8.53. The molecule has 0 bridgehead atoms. The van der Waals surface area contributed by atoms with Crippen molar-refractivity contribution in [1.29, 1.82) is 0 Å². The van der Waals surface area contributed by atoms with Gasteiger partial charge in [0.1, 0.15) is 5.82 Å². The summed E-state index contributed by atoms with van der Waals surface area (Å²) in [5.41, 5.74) is 1.77. The third kappa shape index (κ3) is 4.06. The molecule has 1 N–H and O–H groups in total. The fourth-order valence-corrected chi connectivity index (χ4v) is 3.69. The van der Waals surface area contributed by atoms with Gasteiger partial charge < -0.3 is 9.84 Å². The summed E-state index contributed by atoms with van der Waals surface area (Å²) in [6.07, 6.45) is 4.99. The van der Waals surface area contributed by atoms with Gasteiger partial charge in [0.05, 0.1) is 12.5 Å². The van der Waals surface area contributed by atoms with Crippen molar-refractivity contribution in [3.8, 4) is 0 Å². The molecule has 126 valence electrons. The lowest BCUT2D eigenvalue weighted by molar-refractivity contribution is -0.136. The fourth-order valence-electron chi connectivity index (χ4n) is 3.69. The first-order valence-corrected chi connectivity index (χ1v) is 8.53. The number of ether oxygens (including phenoxy) is 1. The number of carbonyl (C=O) groups is 1. The molecule has 2 aliphatic rings. The summed E-state index contributed by atoms with van der Waals surface area (Å²) in [6.45, 7) is 4.74. The quantitative estimate of drug-likeness (QED) is 0.896. The smallest absolute Gasteiger partial charge is 0.303 e. The lowest BCUT2D eigenvalue weighted by atomic mass is 10.1. The predicted octanol–water partition coefficient (Wildman–Crippen LogP) is 2.12. The number of nitrogens with zero attached hydrogens (tertiary/aromatic N) is 3. The van der Waals surface area contributed by atoms with Crippen molar-refractivity contribution in [3.63, 3.8) is 0 Å². The molecule has 0 amide bonds. The van der Waals surface area contributed by atoms with Crippen LogP contribution in [0.1, 0.15) is 55.4 Å². The van der Waals surface area contributed by atoms with E-state index in [4.69, 9.17) is 9.84 Å². The molecule has 3 rings (SSSR count). The molecule has 0 aromatic carbocycles. The summed E-state index contributed by atoms with van der Waals surface area (Å²) >= 11 is 0. The summed E-state index contributed by atoms with van der Waals surface area (Å²) in [6, 6.07) is 2.73. The second-order valence-corrected chi connectivity index (χ2v) is 6.49. The molecule has 6 heteroatoms. The lowest BCUT2D eigenvalue weighted by Gasteiger charge is -2.34. The Bertz CT molecular complexity index is 558. The summed E-state index contributed by atoms with van der Waals surface area (Å²) < 4.78 is 5.48. The second kappa shape index (κ2) is 7.36. The number of aromatic nitrogens is 2. The van der Waals surface area contributed by atoms with Crippen LogP contribution in [0.3, 0.4) is 0 Å². The maximum atomic E-state index is 10.8. The monoisotopic (exact) mass is 319 g/mol. The van der Waals surface area contributed by atoms with Gasteiger partial charge in [-0.25, -0.2) is 9.97 Å². The molecule has 1 aromatic heterocycles. The van der Waals surface area contributed by atoms with Gasteiger partial charge in [0.25, 0.3) is 0 Å². The van der Waals surface area contributed by atoms with Crippen molar-refractivity contribution >= 4 is 5.97 Å². The van der Waals surface area contributed by atoms with Gasteiger partial charge in [-0.15, -0.1) is 0 Å². The largest absolute Gasteiger partial charge is 0.481 e. The standard InChI is InChI=1S/C17H25N3O3/c1-12-11-13(4-5-16(21)22)19-17(18-12)15-3-2-8-20(15)14-6-9-23-10-7-14/h11,14-15H,2-10H2,1H3,(H,21,22)/t15-/m1/s1. The molecule has 0 aliphatic carbocycles. The molecule has 23 heavy (non-hydrogen) atoms. The Morgan fingerprint density at radius 1 is 1.35 bits per heavy atom. The van der Waals surface area contributed by atoms with Gasteiger partial charge in [-0.05, 0) is 45.2 Å². The number of rotatable bonds is 5. The van der Waals surface area contributed by atoms with E-state index < -0.39 is 5.97 Å². The first-order chi connectivity index (χ1) is 11.1. The van der Waals surface area contributed by atoms with Gasteiger partial charge in [-0.2, -0.15) is 0 Å². The van der Waals surface area contributed by atoms with Crippen molar-refractivity contribution < 1.29 is 14.6 Å². The van der Waals surface area contributed by atoms with Gasteiger partial charge in [-0.1, -0.05) is 0 Å². The van der Waals surface area contributed by atoms with E-state index in [-0.39, 0.29) is 12.5 Å². The van der Waals surface area contributed by atoms with Gasteiger partial charge in [-0.3, -0.25) is 9.69 Å². The SMILES string of the molecule is Cc1cc(CCC(=O)O)nc([C@H]2CCCN2C2CCOCC2)n1. The molecule has 0 spiro atoms. The summed E-state index contributed by atoms with van der Waals surface area (Å²) in [5.74, 6) is 0.0851. The molecule has 0 radical (unpaired) electrons. The van der Waals surface area contributed by atoms with Crippen LogP contribution in [0.25, 0.3) is 0 Å². The van der Waals surface area contributed by atoms with Crippen LogP contribution >= 0.6 is 0 Å². The van der Waals surface area contributed by atoms with Crippen LogP contribution in [0.15, 0.2) is 6.07 Å². The normalized spacial score (nSPS) is 23.3. The average Bonchev–Trinajstić information content (AvgIpc) is 3.03. The zero-order valence-corrected chi connectivity index (χ0v) is 13.7. The Morgan fingerprint density at radius 3 is 2.87 bits per heavy atom. The number of carboxylic acids is 1. The first kappa shape index (κ1) is 16.3. The number of likely N-dealkylation sites (tertiary alicyclic amines) is 1. The van der Waals surface area contributed by atoms with Crippen LogP contribution in [0, 0.1) is 6.92 Å². The van der Waals surface area contributed by atoms with Crippen molar-refractivity contribution in [3.05, 3.63) is 23.3 Å². The molecular formula is C17H25N3O3. The van der Waals surface area contributed by atoms with Crippen LogP contribution in [0.2, 0.25) is 0 Å². The summed E-state index contributed by atoms with van der Waals surface area (Å²) in [4.78, 5) is 22.7. The Hall–Kier alpha value is -1.53. The Labute approximate surface area is 136 Å². The van der Waals surface area contributed by atoms with Crippen molar-refractivity contribution in [2.24, 2.45) is 0 Å². The highest BCUT2D eigenvalue weighted by Gasteiger charge is 2.34. The van der Waals surface area contributed by atoms with Crippen LogP contribution in [0.4, 0.5) is 0 Å². The highest BCUT2D eigenvalue weighted by molar-refractivity contribution is 5.66. The Balaban J connectivity index is 1.77. The van der Waals surface area contributed by atoms with E-state index in [2.05, 4.69) is 14.9 Å². The van der Waals surface area contributed by atoms with Crippen LogP contribution in [-0.4, -0.2) is 51.7 Å². The molecule has 1 aromatic rings. The molecule has 6 nitrogen and oxygen atoms in total. The summed E-state index contributed by atoms with van der Waals surface area (Å²) in [5, 5.41) is 8.87. The third-order valence-corrected chi connectivity index (χ3v) is 4.77. The second-order valence-electron chi connectivity index (χ2n) is 6.49. The summed E-state index contributed by atoms with van der Waals surface area (Å²) in [7, 11) is 0. The van der Waals surface area contributed by atoms with Crippen molar-refractivity contribution in [2.75, 3.05) is 19.8 Å². The van der Waals surface area contributed by atoms with Crippen molar-refractivity contribution in [2.45, 2.75) is 57.5 Å². The minimum atomic E-state index is -0.785. The van der Waals surface area contributed by atoms with Crippen LogP contribution in [0.5, 0.6) is 0 Å². The number of aliphatic carboxylic acids is 1. The topological polar surface area (TPSA) is 75.5 Å². The van der Waals surface area contributed by atoms with Gasteiger partial charge >= 0.3 is 5.97 Å². The fraction of sp³-hybridized carbons (Fsp3) is 0.706. The number of aryl methyl sites for hydroxylation is 2. The molecule has 2 aliphatic heterocycles. The number of hydrogen-bond acceptors (Lipinski definition) is 5. The molecule has 2 saturated heterocycles. The molecule has 3 heterocycles. The van der Waals surface area contributed by atoms with E-state index in [1.54, 1.807) is 0 Å². The molecule has 1 atom stereocenters. The van der Waals surface area contributed by atoms with Gasteiger partial charge in [0.15, 0.2) is 0 Å². The zero-order valence-electron chi connectivity index (χ0n) is 13.7. The molecule has 0 unspecified atom stereocenters. The number of hydrogen-bond donors (Lipinski definition) is 1. The third-order valence-electron chi connectivity index (χ3n) is 4.77. The maximum Gasteiger partial charge on any atom is 0.303 e. The van der Waals surface area contributed by atoms with Crippen LogP contribution in [-0.2, 0) is 16.0 Å². The lowest BCUT2D eigenvalue weighted by Crippen LogP contribution is -2.39. The Kier molecular flexibility index (Phi) is 5.23. The average molecular weight is 319 g/mol. The maximum absolute atomic E-state index is 10.8. The van der Waals surface area contributed by atoms with E-state index in [1.165, 1.54) is 6.42 Å². The zero-order chi connectivity index (χ0) is 16.2. The van der Waals surface area contributed by atoms with E-state index >= 15 is 0 Å². The van der Waals surface area contributed by atoms with E-state index in [1.807, 2.05) is 13.0 Å². The van der Waals surface area contributed by atoms with E-state index in [9.17, 15) is 4.79 Å². The predicted molar refractivity (Wildman–Crippen MR) is 85.2 cm³/mol. The minimum absolute atomic E-state index is 0.115. The minimum Gasteiger partial charge on any atom is -0.481 e. The van der Waals surface area contributed by atoms with Gasteiger partial charge in [0.2, 0.25) is 0 Å².